The van der Waals surface area contributed by atoms with Crippen molar-refractivity contribution in [3.05, 3.63) is 56.5 Å². The van der Waals surface area contributed by atoms with E-state index in [1.54, 1.807) is 24.3 Å². The maximum Gasteiger partial charge on any atom is 0.276 e. The van der Waals surface area contributed by atoms with Gasteiger partial charge in [-0.3, -0.25) is 20.4 Å². The first-order valence-electron chi connectivity index (χ1n) is 7.39. The van der Waals surface area contributed by atoms with Crippen LogP contribution in [0.5, 0.6) is 11.5 Å². The number of halogens is 3. The second kappa shape index (κ2) is 9.66. The molecule has 2 amide bonds. The van der Waals surface area contributed by atoms with E-state index >= 15 is 0 Å². The van der Waals surface area contributed by atoms with Crippen molar-refractivity contribution in [3.8, 4) is 11.5 Å². The van der Waals surface area contributed by atoms with Gasteiger partial charge in [-0.05, 0) is 48.9 Å². The van der Waals surface area contributed by atoms with Crippen molar-refractivity contribution in [2.24, 2.45) is 0 Å². The predicted molar refractivity (Wildman–Crippen MR) is 103 cm³/mol. The van der Waals surface area contributed by atoms with E-state index in [0.29, 0.717) is 16.5 Å². The van der Waals surface area contributed by atoms with Crippen LogP contribution in [0.3, 0.4) is 0 Å². The molecule has 2 aromatic carbocycles. The number of carbonyl (C=O) groups is 2. The van der Waals surface area contributed by atoms with Gasteiger partial charge in [-0.1, -0.05) is 39.1 Å². The Balaban J connectivity index is 1.71. The first-order chi connectivity index (χ1) is 12.3. The summed E-state index contributed by atoms with van der Waals surface area (Å²) >= 11 is 15.1. The number of carbonyl (C=O) groups excluding carboxylic acids is 2. The number of aryl methyl sites for hydroxylation is 1. The standard InChI is InChI=1S/C17H15BrCl2N2O4/c1-10-6-12(3-4-13(10)18)25-8-16(23)21-22-17(24)9-26-15-5-2-11(19)7-14(15)20/h2-7H,8-9H2,1H3,(H,21,23)(H,22,24). The summed E-state index contributed by atoms with van der Waals surface area (Å²) in [6, 6.07) is 9.98. The molecule has 0 aromatic heterocycles. The van der Waals surface area contributed by atoms with Crippen LogP contribution in [0.2, 0.25) is 10.0 Å². The summed E-state index contributed by atoms with van der Waals surface area (Å²) in [7, 11) is 0. The number of hydrazine groups is 1. The Labute approximate surface area is 168 Å². The van der Waals surface area contributed by atoms with Gasteiger partial charge in [0.15, 0.2) is 13.2 Å². The van der Waals surface area contributed by atoms with Crippen molar-refractivity contribution in [3.63, 3.8) is 0 Å². The number of nitrogens with one attached hydrogen (secondary N) is 2. The number of amides is 2. The third kappa shape index (κ3) is 6.40. The van der Waals surface area contributed by atoms with E-state index in [2.05, 4.69) is 26.8 Å². The van der Waals surface area contributed by atoms with E-state index in [1.165, 1.54) is 6.07 Å². The van der Waals surface area contributed by atoms with E-state index in [-0.39, 0.29) is 18.2 Å². The molecular formula is C17H15BrCl2N2O4. The van der Waals surface area contributed by atoms with Gasteiger partial charge in [0.25, 0.3) is 11.8 Å². The average molecular weight is 462 g/mol. The molecule has 0 aliphatic rings. The molecule has 0 bridgehead atoms. The van der Waals surface area contributed by atoms with Gasteiger partial charge in [-0.25, -0.2) is 0 Å². The summed E-state index contributed by atoms with van der Waals surface area (Å²) < 4.78 is 11.5. The molecule has 0 heterocycles. The summed E-state index contributed by atoms with van der Waals surface area (Å²) in [6.45, 7) is 1.34. The fourth-order valence-corrected chi connectivity index (χ4v) is 2.51. The molecule has 0 atom stereocenters. The highest BCUT2D eigenvalue weighted by molar-refractivity contribution is 9.10. The van der Waals surface area contributed by atoms with E-state index < -0.39 is 11.8 Å². The summed E-state index contributed by atoms with van der Waals surface area (Å²) in [4.78, 5) is 23.4. The van der Waals surface area contributed by atoms with Gasteiger partial charge in [0.05, 0.1) is 5.02 Å². The second-order valence-corrected chi connectivity index (χ2v) is 6.86. The summed E-state index contributed by atoms with van der Waals surface area (Å²) in [5, 5.41) is 0.743. The fourth-order valence-electron chi connectivity index (χ4n) is 1.80. The van der Waals surface area contributed by atoms with Crippen molar-refractivity contribution in [2.75, 3.05) is 13.2 Å². The van der Waals surface area contributed by atoms with Gasteiger partial charge in [0.2, 0.25) is 0 Å². The van der Waals surface area contributed by atoms with Gasteiger partial charge < -0.3 is 9.47 Å². The molecule has 0 radical (unpaired) electrons. The number of hydrogen-bond acceptors (Lipinski definition) is 4. The molecule has 0 aliphatic heterocycles. The molecule has 0 saturated heterocycles. The third-order valence-electron chi connectivity index (χ3n) is 3.09. The Hall–Kier alpha value is -1.96. The Morgan fingerprint density at radius 2 is 1.65 bits per heavy atom. The minimum atomic E-state index is -0.552. The average Bonchev–Trinajstić information content (AvgIpc) is 2.60. The molecule has 138 valence electrons. The van der Waals surface area contributed by atoms with Crippen LogP contribution in [0.4, 0.5) is 0 Å². The van der Waals surface area contributed by atoms with Gasteiger partial charge in [0.1, 0.15) is 11.5 Å². The van der Waals surface area contributed by atoms with E-state index in [0.717, 1.165) is 10.0 Å². The number of ether oxygens (including phenoxy) is 2. The molecule has 2 N–H and O–H groups in total. The highest BCUT2D eigenvalue weighted by Crippen LogP contribution is 2.27. The molecule has 0 saturated carbocycles. The maximum absolute atomic E-state index is 11.7. The Bertz CT molecular complexity index is 817. The topological polar surface area (TPSA) is 76.7 Å². The Kier molecular flexibility index (Phi) is 7.56. The zero-order chi connectivity index (χ0) is 19.1. The molecule has 2 aromatic rings. The molecule has 0 unspecified atom stereocenters. The summed E-state index contributed by atoms with van der Waals surface area (Å²) in [6.07, 6.45) is 0. The molecular weight excluding hydrogens is 447 g/mol. The highest BCUT2D eigenvalue weighted by Gasteiger charge is 2.09. The fraction of sp³-hybridized carbons (Fsp3) is 0.176. The first kappa shape index (κ1) is 20.4. The van der Waals surface area contributed by atoms with Crippen molar-refractivity contribution in [1.29, 1.82) is 0 Å². The summed E-state index contributed by atoms with van der Waals surface area (Å²) in [5.41, 5.74) is 5.43. The van der Waals surface area contributed by atoms with Gasteiger partial charge in [0, 0.05) is 9.50 Å². The van der Waals surface area contributed by atoms with Crippen LogP contribution in [0.25, 0.3) is 0 Å². The lowest BCUT2D eigenvalue weighted by Gasteiger charge is -2.11. The summed E-state index contributed by atoms with van der Waals surface area (Å²) in [5.74, 6) is -0.202. The molecule has 6 nitrogen and oxygen atoms in total. The Morgan fingerprint density at radius 1 is 1.00 bits per heavy atom. The number of hydrogen-bond donors (Lipinski definition) is 2. The quantitative estimate of drug-likeness (QED) is 0.643. The molecule has 2 rings (SSSR count). The largest absolute Gasteiger partial charge is 0.484 e. The van der Waals surface area contributed by atoms with E-state index in [1.807, 2.05) is 13.0 Å². The van der Waals surface area contributed by atoms with Crippen molar-refractivity contribution in [1.82, 2.24) is 10.9 Å². The van der Waals surface area contributed by atoms with Crippen LogP contribution in [0.15, 0.2) is 40.9 Å². The lowest BCUT2D eigenvalue weighted by molar-refractivity contribution is -0.131. The second-order valence-electron chi connectivity index (χ2n) is 5.16. The lowest BCUT2D eigenvalue weighted by atomic mass is 10.2. The van der Waals surface area contributed by atoms with Crippen LogP contribution < -0.4 is 20.3 Å². The van der Waals surface area contributed by atoms with Crippen molar-refractivity contribution in [2.45, 2.75) is 6.92 Å². The SMILES string of the molecule is Cc1cc(OCC(=O)NNC(=O)COc2ccc(Cl)cc2Cl)ccc1Br. The molecule has 26 heavy (non-hydrogen) atoms. The van der Waals surface area contributed by atoms with E-state index in [9.17, 15) is 9.59 Å². The predicted octanol–water partition coefficient (Wildman–Crippen LogP) is 3.67. The molecule has 0 spiro atoms. The third-order valence-corrected chi connectivity index (χ3v) is 4.51. The smallest absolute Gasteiger partial charge is 0.276 e. The van der Waals surface area contributed by atoms with Gasteiger partial charge in [-0.15, -0.1) is 0 Å². The Morgan fingerprint density at radius 3 is 2.27 bits per heavy atom. The van der Waals surface area contributed by atoms with Gasteiger partial charge >= 0.3 is 0 Å². The van der Waals surface area contributed by atoms with Crippen molar-refractivity contribution < 1.29 is 19.1 Å². The highest BCUT2D eigenvalue weighted by atomic mass is 79.9. The van der Waals surface area contributed by atoms with Gasteiger partial charge in [-0.2, -0.15) is 0 Å². The van der Waals surface area contributed by atoms with Crippen LogP contribution in [-0.4, -0.2) is 25.0 Å². The van der Waals surface area contributed by atoms with Crippen LogP contribution in [0.1, 0.15) is 5.56 Å². The minimum Gasteiger partial charge on any atom is -0.484 e. The zero-order valence-electron chi connectivity index (χ0n) is 13.6. The number of rotatable bonds is 6. The van der Waals surface area contributed by atoms with Crippen LogP contribution in [0, 0.1) is 6.92 Å². The molecule has 0 aliphatic carbocycles. The molecule has 9 heteroatoms. The zero-order valence-corrected chi connectivity index (χ0v) is 16.7. The van der Waals surface area contributed by atoms with Crippen LogP contribution in [-0.2, 0) is 9.59 Å². The number of benzene rings is 2. The van der Waals surface area contributed by atoms with E-state index in [4.69, 9.17) is 32.7 Å². The normalized spacial score (nSPS) is 10.2. The van der Waals surface area contributed by atoms with Crippen LogP contribution >= 0.6 is 39.1 Å². The van der Waals surface area contributed by atoms with Crippen molar-refractivity contribution >= 4 is 50.9 Å². The monoisotopic (exact) mass is 460 g/mol. The maximum atomic E-state index is 11.7. The minimum absolute atomic E-state index is 0.245. The lowest BCUT2D eigenvalue weighted by Crippen LogP contribution is -2.45. The molecule has 0 fully saturated rings. The first-order valence-corrected chi connectivity index (χ1v) is 8.94.